The van der Waals surface area contributed by atoms with E-state index < -0.39 is 6.10 Å². The number of pyridine rings is 1. The number of benzene rings is 1. The van der Waals surface area contributed by atoms with Gasteiger partial charge >= 0.3 is 0 Å². The molecule has 1 atom stereocenters. The molecule has 1 N–H and O–H groups in total. The molecule has 2 aliphatic rings. The third kappa shape index (κ3) is 3.74. The maximum absolute atomic E-state index is 12.4. The van der Waals surface area contributed by atoms with Gasteiger partial charge in [0, 0.05) is 25.8 Å². The van der Waals surface area contributed by atoms with E-state index in [0.717, 1.165) is 25.9 Å². The number of amides is 1. The van der Waals surface area contributed by atoms with Crippen LogP contribution in [0, 0.1) is 5.92 Å². The Balaban J connectivity index is 1.23. The average Bonchev–Trinajstić information content (AvgIpc) is 2.72. The van der Waals surface area contributed by atoms with Crippen molar-refractivity contribution in [2.24, 2.45) is 5.92 Å². The lowest BCUT2D eigenvalue weighted by molar-refractivity contribution is -0.130. The number of hydrogen-bond donors (Lipinski definition) is 1. The van der Waals surface area contributed by atoms with Crippen molar-refractivity contribution < 1.29 is 14.3 Å². The molecule has 1 aromatic carbocycles. The number of hydrogen-bond acceptors (Lipinski definition) is 5. The number of ether oxygens (including phenoxy) is 2. The molecule has 3 heterocycles. The van der Waals surface area contributed by atoms with Crippen LogP contribution in [0.1, 0.15) is 12.8 Å². The van der Waals surface area contributed by atoms with Crippen molar-refractivity contribution >= 4 is 11.6 Å². The number of para-hydroxylation sites is 2. The SMILES string of the molecule is O=C(NCC1CCN(c2cccnc2)CC1)C1COc2ccccc2O1. The lowest BCUT2D eigenvalue weighted by Crippen LogP contribution is -2.46. The predicted octanol–water partition coefficient (Wildman–Crippen LogP) is 2.25. The third-order valence-corrected chi connectivity index (χ3v) is 4.99. The largest absolute Gasteiger partial charge is 0.485 e. The van der Waals surface area contributed by atoms with Gasteiger partial charge in [-0.2, -0.15) is 0 Å². The molecular formula is C20H23N3O3. The molecule has 136 valence electrons. The predicted molar refractivity (Wildman–Crippen MR) is 98.5 cm³/mol. The highest BCUT2D eigenvalue weighted by Gasteiger charge is 2.28. The molecule has 0 saturated carbocycles. The third-order valence-electron chi connectivity index (χ3n) is 4.99. The zero-order chi connectivity index (χ0) is 17.8. The summed E-state index contributed by atoms with van der Waals surface area (Å²) in [4.78, 5) is 18.9. The fourth-order valence-electron chi connectivity index (χ4n) is 3.44. The highest BCUT2D eigenvalue weighted by molar-refractivity contribution is 5.81. The normalized spacial score (nSPS) is 19.8. The zero-order valence-electron chi connectivity index (χ0n) is 14.6. The molecule has 0 spiro atoms. The van der Waals surface area contributed by atoms with E-state index >= 15 is 0 Å². The first kappa shape index (κ1) is 16.7. The van der Waals surface area contributed by atoms with Crippen molar-refractivity contribution in [3.8, 4) is 11.5 Å². The molecule has 26 heavy (non-hydrogen) atoms. The highest BCUT2D eigenvalue weighted by Crippen LogP contribution is 2.31. The second-order valence-corrected chi connectivity index (χ2v) is 6.75. The molecular weight excluding hydrogens is 330 g/mol. The van der Waals surface area contributed by atoms with Crippen molar-refractivity contribution in [1.82, 2.24) is 10.3 Å². The molecule has 2 aliphatic heterocycles. The second kappa shape index (κ2) is 7.64. The Labute approximate surface area is 153 Å². The molecule has 1 amide bonds. The van der Waals surface area contributed by atoms with Gasteiger partial charge in [0.25, 0.3) is 5.91 Å². The van der Waals surface area contributed by atoms with Crippen LogP contribution in [0.3, 0.4) is 0 Å². The van der Waals surface area contributed by atoms with Gasteiger partial charge in [0.2, 0.25) is 6.10 Å². The number of rotatable bonds is 4. The number of nitrogens with zero attached hydrogens (tertiary/aromatic N) is 2. The molecule has 0 bridgehead atoms. The number of piperidine rings is 1. The summed E-state index contributed by atoms with van der Waals surface area (Å²) in [5, 5.41) is 3.03. The van der Waals surface area contributed by atoms with Gasteiger partial charge in [-0.25, -0.2) is 0 Å². The molecule has 1 saturated heterocycles. The molecule has 2 aromatic rings. The maximum atomic E-state index is 12.4. The smallest absolute Gasteiger partial charge is 0.264 e. The van der Waals surface area contributed by atoms with Crippen molar-refractivity contribution in [1.29, 1.82) is 0 Å². The molecule has 6 heteroatoms. The first-order valence-electron chi connectivity index (χ1n) is 9.11. The average molecular weight is 353 g/mol. The van der Waals surface area contributed by atoms with Crippen LogP contribution in [0.15, 0.2) is 48.8 Å². The second-order valence-electron chi connectivity index (χ2n) is 6.75. The Hall–Kier alpha value is -2.76. The summed E-state index contributed by atoms with van der Waals surface area (Å²) in [6.07, 6.45) is 5.22. The summed E-state index contributed by atoms with van der Waals surface area (Å²) >= 11 is 0. The van der Waals surface area contributed by atoms with Gasteiger partial charge in [-0.05, 0) is 43.0 Å². The zero-order valence-corrected chi connectivity index (χ0v) is 14.6. The summed E-state index contributed by atoms with van der Waals surface area (Å²) in [5.74, 6) is 1.71. The van der Waals surface area contributed by atoms with Gasteiger partial charge in [0.1, 0.15) is 6.61 Å². The van der Waals surface area contributed by atoms with Crippen molar-refractivity contribution in [3.63, 3.8) is 0 Å². The van der Waals surface area contributed by atoms with Crippen LogP contribution in [0.4, 0.5) is 5.69 Å². The van der Waals surface area contributed by atoms with Gasteiger partial charge in [-0.15, -0.1) is 0 Å². The molecule has 0 radical (unpaired) electrons. The number of carbonyl (C=O) groups is 1. The number of aromatic nitrogens is 1. The lowest BCUT2D eigenvalue weighted by Gasteiger charge is -2.33. The van der Waals surface area contributed by atoms with E-state index in [-0.39, 0.29) is 12.5 Å². The topological polar surface area (TPSA) is 63.7 Å². The monoisotopic (exact) mass is 353 g/mol. The first-order valence-corrected chi connectivity index (χ1v) is 9.11. The van der Waals surface area contributed by atoms with Crippen LogP contribution in [-0.4, -0.2) is 43.2 Å². The Morgan fingerprint density at radius 3 is 2.73 bits per heavy atom. The molecule has 4 rings (SSSR count). The quantitative estimate of drug-likeness (QED) is 0.913. The molecule has 6 nitrogen and oxygen atoms in total. The molecule has 1 aromatic heterocycles. The van der Waals surface area contributed by atoms with Crippen LogP contribution in [0.2, 0.25) is 0 Å². The van der Waals surface area contributed by atoms with Crippen LogP contribution in [0.25, 0.3) is 0 Å². The van der Waals surface area contributed by atoms with E-state index in [1.54, 1.807) is 6.20 Å². The van der Waals surface area contributed by atoms with Crippen LogP contribution in [-0.2, 0) is 4.79 Å². The Bertz CT molecular complexity index is 745. The van der Waals surface area contributed by atoms with E-state index in [4.69, 9.17) is 9.47 Å². The van der Waals surface area contributed by atoms with Crippen molar-refractivity contribution in [2.75, 3.05) is 31.1 Å². The van der Waals surface area contributed by atoms with Crippen molar-refractivity contribution in [3.05, 3.63) is 48.8 Å². The van der Waals surface area contributed by atoms with Gasteiger partial charge < -0.3 is 19.7 Å². The minimum atomic E-state index is -0.583. The van der Waals surface area contributed by atoms with E-state index in [1.807, 2.05) is 36.5 Å². The van der Waals surface area contributed by atoms with Gasteiger partial charge in [-0.1, -0.05) is 12.1 Å². The number of anilines is 1. The standard InChI is InChI=1S/C20H23N3O3/c24-20(19-14-25-17-5-1-2-6-18(17)26-19)22-12-15-7-10-23(11-8-15)16-4-3-9-21-13-16/h1-6,9,13,15,19H,7-8,10-12,14H2,(H,22,24). The Morgan fingerprint density at radius 2 is 1.96 bits per heavy atom. The molecule has 1 unspecified atom stereocenters. The summed E-state index contributed by atoms with van der Waals surface area (Å²) in [6.45, 7) is 2.91. The maximum Gasteiger partial charge on any atom is 0.264 e. The first-order chi connectivity index (χ1) is 12.8. The number of fused-ring (bicyclic) bond motifs is 1. The lowest BCUT2D eigenvalue weighted by atomic mass is 9.96. The van der Waals surface area contributed by atoms with E-state index in [9.17, 15) is 4.79 Å². The fraction of sp³-hybridized carbons (Fsp3) is 0.400. The van der Waals surface area contributed by atoms with Gasteiger partial charge in [0.05, 0.1) is 11.9 Å². The van der Waals surface area contributed by atoms with Gasteiger partial charge in [0.15, 0.2) is 11.5 Å². The summed E-state index contributed by atoms with van der Waals surface area (Å²) in [6, 6.07) is 11.5. The van der Waals surface area contributed by atoms with Crippen LogP contribution < -0.4 is 19.7 Å². The fourth-order valence-corrected chi connectivity index (χ4v) is 3.44. The molecule has 1 fully saturated rings. The number of carbonyl (C=O) groups excluding carboxylic acids is 1. The highest BCUT2D eigenvalue weighted by atomic mass is 16.6. The van der Waals surface area contributed by atoms with E-state index in [1.165, 1.54) is 5.69 Å². The van der Waals surface area contributed by atoms with Crippen LogP contribution in [0.5, 0.6) is 11.5 Å². The summed E-state index contributed by atoms with van der Waals surface area (Å²) in [7, 11) is 0. The van der Waals surface area contributed by atoms with E-state index in [0.29, 0.717) is 24.0 Å². The van der Waals surface area contributed by atoms with Crippen molar-refractivity contribution in [2.45, 2.75) is 18.9 Å². The minimum absolute atomic E-state index is 0.103. The summed E-state index contributed by atoms with van der Waals surface area (Å²) < 4.78 is 11.4. The molecule has 0 aliphatic carbocycles. The van der Waals surface area contributed by atoms with Crippen LogP contribution >= 0.6 is 0 Å². The Morgan fingerprint density at radius 1 is 1.15 bits per heavy atom. The van der Waals surface area contributed by atoms with E-state index in [2.05, 4.69) is 21.3 Å². The number of nitrogens with one attached hydrogen (secondary N) is 1. The van der Waals surface area contributed by atoms with Gasteiger partial charge in [-0.3, -0.25) is 9.78 Å². The summed E-state index contributed by atoms with van der Waals surface area (Å²) in [5.41, 5.74) is 1.17. The minimum Gasteiger partial charge on any atom is -0.485 e. The Kier molecular flexibility index (Phi) is 4.91.